The zero-order valence-corrected chi connectivity index (χ0v) is 10.1. The van der Waals surface area contributed by atoms with Gasteiger partial charge in [0.2, 0.25) is 0 Å². The number of aromatic nitrogens is 2. The Hall–Kier alpha value is -1.81. The van der Waals surface area contributed by atoms with Gasteiger partial charge in [-0.15, -0.1) is 0 Å². The summed E-state index contributed by atoms with van der Waals surface area (Å²) >= 11 is 0. The summed E-state index contributed by atoms with van der Waals surface area (Å²) in [4.78, 5) is 0. The molecule has 4 nitrogen and oxygen atoms in total. The molecule has 4 N–H and O–H groups in total. The van der Waals surface area contributed by atoms with E-state index in [9.17, 15) is 0 Å². The number of nitrogens with two attached hydrogens (primary N) is 2. The number of aryl methyl sites for hydroxylation is 1. The molecule has 0 atom stereocenters. The molecule has 0 fully saturated rings. The molecular formula is C13H18N4. The van der Waals surface area contributed by atoms with Gasteiger partial charge < -0.3 is 11.5 Å². The zero-order valence-electron chi connectivity index (χ0n) is 10.1. The van der Waals surface area contributed by atoms with Crippen LogP contribution >= 0.6 is 0 Å². The lowest BCUT2D eigenvalue weighted by Gasteiger charge is -2.05. The van der Waals surface area contributed by atoms with Crippen LogP contribution in [0.4, 0.5) is 5.82 Å². The van der Waals surface area contributed by atoms with E-state index < -0.39 is 0 Å². The van der Waals surface area contributed by atoms with Crippen molar-refractivity contribution in [3.05, 3.63) is 47.2 Å². The number of hydrogen-bond acceptors (Lipinski definition) is 3. The third-order valence-electron chi connectivity index (χ3n) is 2.83. The fraction of sp³-hybridized carbons (Fsp3) is 0.308. The van der Waals surface area contributed by atoms with Gasteiger partial charge >= 0.3 is 0 Å². The predicted molar refractivity (Wildman–Crippen MR) is 69.7 cm³/mol. The van der Waals surface area contributed by atoms with E-state index in [1.165, 1.54) is 11.1 Å². The fourth-order valence-electron chi connectivity index (χ4n) is 1.77. The highest BCUT2D eigenvalue weighted by Gasteiger charge is 2.06. The molecule has 0 spiro atoms. The molecule has 90 valence electrons. The normalized spacial score (nSPS) is 10.7. The SMILES string of the molecule is Cc1ccc(Cn2ncc(CCN)c2N)cc1. The molecule has 0 radical (unpaired) electrons. The van der Waals surface area contributed by atoms with Gasteiger partial charge in [0.1, 0.15) is 5.82 Å². The lowest BCUT2D eigenvalue weighted by Crippen LogP contribution is -2.08. The summed E-state index contributed by atoms with van der Waals surface area (Å²) < 4.78 is 1.82. The van der Waals surface area contributed by atoms with Crippen LogP contribution in [0.3, 0.4) is 0 Å². The average Bonchev–Trinajstić information content (AvgIpc) is 2.65. The van der Waals surface area contributed by atoms with Crippen LogP contribution in [0, 0.1) is 6.92 Å². The maximum atomic E-state index is 6.01. The maximum Gasteiger partial charge on any atom is 0.125 e. The Bertz CT molecular complexity index is 485. The van der Waals surface area contributed by atoms with Gasteiger partial charge in [0.05, 0.1) is 12.7 Å². The first kappa shape index (κ1) is 11.7. The Morgan fingerprint density at radius 3 is 2.59 bits per heavy atom. The van der Waals surface area contributed by atoms with Gasteiger partial charge in [-0.3, -0.25) is 0 Å². The minimum Gasteiger partial charge on any atom is -0.384 e. The first-order chi connectivity index (χ1) is 8.20. The molecule has 0 saturated carbocycles. The van der Waals surface area contributed by atoms with E-state index in [2.05, 4.69) is 36.3 Å². The molecule has 1 heterocycles. The van der Waals surface area contributed by atoms with Crippen molar-refractivity contribution in [3.63, 3.8) is 0 Å². The second-order valence-corrected chi connectivity index (χ2v) is 4.24. The maximum absolute atomic E-state index is 6.01. The summed E-state index contributed by atoms with van der Waals surface area (Å²) in [6.45, 7) is 3.38. The molecule has 1 aromatic carbocycles. The van der Waals surface area contributed by atoms with Gasteiger partial charge in [0, 0.05) is 5.56 Å². The molecular weight excluding hydrogens is 212 g/mol. The Labute approximate surface area is 101 Å². The van der Waals surface area contributed by atoms with E-state index in [-0.39, 0.29) is 0 Å². The fourth-order valence-corrected chi connectivity index (χ4v) is 1.77. The smallest absolute Gasteiger partial charge is 0.125 e. The third kappa shape index (κ3) is 2.65. The van der Waals surface area contributed by atoms with Gasteiger partial charge in [-0.05, 0) is 25.5 Å². The Morgan fingerprint density at radius 2 is 1.94 bits per heavy atom. The van der Waals surface area contributed by atoms with E-state index in [0.717, 1.165) is 17.8 Å². The van der Waals surface area contributed by atoms with Crippen molar-refractivity contribution < 1.29 is 0 Å². The van der Waals surface area contributed by atoms with Crippen molar-refractivity contribution in [2.45, 2.75) is 19.9 Å². The van der Waals surface area contributed by atoms with Crippen molar-refractivity contribution >= 4 is 5.82 Å². The molecule has 0 amide bonds. The molecule has 0 aliphatic carbocycles. The Balaban J connectivity index is 2.16. The molecule has 0 aliphatic heterocycles. The average molecular weight is 230 g/mol. The van der Waals surface area contributed by atoms with Gasteiger partial charge in [-0.2, -0.15) is 5.10 Å². The van der Waals surface area contributed by atoms with Crippen LogP contribution in [0.2, 0.25) is 0 Å². The monoisotopic (exact) mass is 230 g/mol. The topological polar surface area (TPSA) is 69.9 Å². The van der Waals surface area contributed by atoms with Gasteiger partial charge in [0.15, 0.2) is 0 Å². The summed E-state index contributed by atoms with van der Waals surface area (Å²) in [7, 11) is 0. The van der Waals surface area contributed by atoms with Crippen LogP contribution in [0.15, 0.2) is 30.5 Å². The molecule has 0 saturated heterocycles. The number of anilines is 1. The first-order valence-electron chi connectivity index (χ1n) is 5.76. The molecule has 1 aromatic heterocycles. The highest BCUT2D eigenvalue weighted by atomic mass is 15.3. The van der Waals surface area contributed by atoms with Crippen LogP contribution in [0.1, 0.15) is 16.7 Å². The minimum absolute atomic E-state index is 0.598. The largest absolute Gasteiger partial charge is 0.384 e. The van der Waals surface area contributed by atoms with E-state index in [0.29, 0.717) is 13.1 Å². The number of nitrogen functional groups attached to an aromatic ring is 1. The highest BCUT2D eigenvalue weighted by Crippen LogP contribution is 2.13. The van der Waals surface area contributed by atoms with Crippen LogP contribution < -0.4 is 11.5 Å². The second-order valence-electron chi connectivity index (χ2n) is 4.24. The lowest BCUT2D eigenvalue weighted by atomic mass is 10.1. The van der Waals surface area contributed by atoms with Crippen molar-refractivity contribution in [2.75, 3.05) is 12.3 Å². The summed E-state index contributed by atoms with van der Waals surface area (Å²) in [5, 5.41) is 4.29. The van der Waals surface area contributed by atoms with Crippen LogP contribution in [-0.2, 0) is 13.0 Å². The standard InChI is InChI=1S/C13H18N4/c1-10-2-4-11(5-3-10)9-17-13(15)12(6-7-14)8-16-17/h2-5,8H,6-7,9,14-15H2,1H3. The highest BCUT2D eigenvalue weighted by molar-refractivity contribution is 5.39. The van der Waals surface area contributed by atoms with Gasteiger partial charge in [0.25, 0.3) is 0 Å². The molecule has 0 unspecified atom stereocenters. The summed E-state index contributed by atoms with van der Waals surface area (Å²) in [5.74, 6) is 0.719. The Kier molecular flexibility index (Phi) is 3.44. The van der Waals surface area contributed by atoms with Crippen LogP contribution in [-0.4, -0.2) is 16.3 Å². The molecule has 2 aromatic rings. The molecule has 4 heteroatoms. The van der Waals surface area contributed by atoms with E-state index >= 15 is 0 Å². The number of rotatable bonds is 4. The molecule has 0 bridgehead atoms. The summed E-state index contributed by atoms with van der Waals surface area (Å²) in [6.07, 6.45) is 2.58. The van der Waals surface area contributed by atoms with Crippen LogP contribution in [0.5, 0.6) is 0 Å². The first-order valence-corrected chi connectivity index (χ1v) is 5.76. The second kappa shape index (κ2) is 5.01. The van der Waals surface area contributed by atoms with E-state index in [1.54, 1.807) is 6.20 Å². The van der Waals surface area contributed by atoms with Gasteiger partial charge in [-0.1, -0.05) is 29.8 Å². The van der Waals surface area contributed by atoms with Crippen molar-refractivity contribution in [1.82, 2.24) is 9.78 Å². The minimum atomic E-state index is 0.598. The number of nitrogens with zero attached hydrogens (tertiary/aromatic N) is 2. The molecule has 0 aliphatic rings. The van der Waals surface area contributed by atoms with E-state index in [1.807, 2.05) is 4.68 Å². The third-order valence-corrected chi connectivity index (χ3v) is 2.83. The summed E-state index contributed by atoms with van der Waals surface area (Å²) in [6, 6.07) is 8.38. The van der Waals surface area contributed by atoms with Crippen molar-refractivity contribution in [1.29, 1.82) is 0 Å². The summed E-state index contributed by atoms with van der Waals surface area (Å²) in [5.41, 5.74) is 15.0. The van der Waals surface area contributed by atoms with Crippen molar-refractivity contribution in [3.8, 4) is 0 Å². The quantitative estimate of drug-likeness (QED) is 0.832. The van der Waals surface area contributed by atoms with Gasteiger partial charge in [-0.25, -0.2) is 4.68 Å². The predicted octanol–water partition coefficient (Wildman–Crippen LogP) is 1.32. The van der Waals surface area contributed by atoms with E-state index in [4.69, 9.17) is 11.5 Å². The Morgan fingerprint density at radius 1 is 1.24 bits per heavy atom. The zero-order chi connectivity index (χ0) is 12.3. The molecule has 17 heavy (non-hydrogen) atoms. The number of benzene rings is 1. The number of hydrogen-bond donors (Lipinski definition) is 2. The van der Waals surface area contributed by atoms with Crippen LogP contribution in [0.25, 0.3) is 0 Å². The lowest BCUT2D eigenvalue weighted by molar-refractivity contribution is 0.696. The molecule has 2 rings (SSSR count). The van der Waals surface area contributed by atoms with Crippen molar-refractivity contribution in [2.24, 2.45) is 5.73 Å².